The fourth-order valence-electron chi connectivity index (χ4n) is 4.18. The van der Waals surface area contributed by atoms with Crippen molar-refractivity contribution in [1.29, 1.82) is 0 Å². The summed E-state index contributed by atoms with van der Waals surface area (Å²) in [6.07, 6.45) is 6.67. The Hall–Kier alpha value is -1.90. The third-order valence-electron chi connectivity index (χ3n) is 5.60. The fourth-order valence-corrected chi connectivity index (χ4v) is 5.95. The highest BCUT2D eigenvalue weighted by Gasteiger charge is 2.43. The highest BCUT2D eigenvalue weighted by molar-refractivity contribution is 7.95. The zero-order valence-electron chi connectivity index (χ0n) is 16.6. The minimum atomic E-state index is -4.13. The van der Waals surface area contributed by atoms with E-state index in [1.165, 1.54) is 29.6 Å². The Morgan fingerprint density at radius 3 is 2.23 bits per heavy atom. The fraction of sp³-hybridized carbons (Fsp3) is 0.429. The van der Waals surface area contributed by atoms with Crippen molar-refractivity contribution in [1.82, 2.24) is 5.32 Å². The molecule has 1 fully saturated rings. The molecule has 0 bridgehead atoms. The second-order valence-electron chi connectivity index (χ2n) is 7.55. The maximum absolute atomic E-state index is 14.4. The van der Waals surface area contributed by atoms with Gasteiger partial charge in [-0.25, -0.2) is 13.1 Å². The molecule has 2 aliphatic rings. The van der Waals surface area contributed by atoms with Crippen molar-refractivity contribution < 1.29 is 17.2 Å². The number of para-hydroxylation sites is 3. The summed E-state index contributed by atoms with van der Waals surface area (Å²) < 4.78 is 57.3. The summed E-state index contributed by atoms with van der Waals surface area (Å²) in [5.74, 6) is -1.83. The summed E-state index contributed by atoms with van der Waals surface area (Å²) in [5, 5.41) is 3.50. The van der Waals surface area contributed by atoms with Gasteiger partial charge in [0, 0.05) is 12.6 Å². The molecule has 1 heterocycles. The van der Waals surface area contributed by atoms with Crippen LogP contribution in [0, 0.1) is 11.6 Å². The first-order valence-corrected chi connectivity index (χ1v) is 11.5. The zero-order valence-corrected chi connectivity index (χ0v) is 18.2. The van der Waals surface area contributed by atoms with E-state index in [9.17, 15) is 17.2 Å². The average Bonchev–Trinajstić information content (AvgIpc) is 2.93. The van der Waals surface area contributed by atoms with Gasteiger partial charge in [0.2, 0.25) is 0 Å². The summed E-state index contributed by atoms with van der Waals surface area (Å²) >= 11 is 0. The van der Waals surface area contributed by atoms with Gasteiger partial charge in [0.25, 0.3) is 0 Å². The van der Waals surface area contributed by atoms with E-state index in [4.69, 9.17) is 0 Å². The third-order valence-corrected chi connectivity index (χ3v) is 7.37. The smallest absolute Gasteiger partial charge is 0.314 e. The third kappa shape index (κ3) is 4.26. The molecule has 0 radical (unpaired) electrons. The van der Waals surface area contributed by atoms with Gasteiger partial charge in [-0.3, -0.25) is 4.31 Å². The molecule has 30 heavy (non-hydrogen) atoms. The molecule has 2 aromatic carbocycles. The number of hydrogen-bond acceptors (Lipinski definition) is 3. The molecule has 0 aromatic heterocycles. The predicted octanol–water partition coefficient (Wildman–Crippen LogP) is 4.90. The number of nitrogens with zero attached hydrogens (tertiary/aromatic N) is 2. The predicted molar refractivity (Wildman–Crippen MR) is 118 cm³/mol. The maximum Gasteiger partial charge on any atom is 0.331 e. The molecule has 164 valence electrons. The van der Waals surface area contributed by atoms with Crippen LogP contribution in [0.25, 0.3) is 0 Å². The molecule has 0 atom stereocenters. The number of nitrogens with one attached hydrogen (secondary N) is 1. The molecule has 1 aliphatic heterocycles. The van der Waals surface area contributed by atoms with Crippen molar-refractivity contribution in [2.24, 2.45) is 0 Å². The lowest BCUT2D eigenvalue weighted by molar-refractivity contribution is 0.373. The number of rotatable bonds is 6. The molecule has 4 rings (SSSR count). The van der Waals surface area contributed by atoms with Crippen molar-refractivity contribution >= 4 is 39.7 Å². The minimum absolute atomic E-state index is 0. The van der Waals surface area contributed by atoms with Crippen LogP contribution in [-0.2, 0) is 10.2 Å². The van der Waals surface area contributed by atoms with Crippen LogP contribution in [-0.4, -0.2) is 27.5 Å². The van der Waals surface area contributed by atoms with E-state index < -0.39 is 27.5 Å². The molecule has 0 amide bonds. The number of fused-ring (bicyclic) bond motifs is 1. The molecule has 9 heteroatoms. The van der Waals surface area contributed by atoms with Crippen molar-refractivity contribution in [3.05, 3.63) is 54.1 Å². The normalized spacial score (nSPS) is 18.2. The molecule has 1 aliphatic carbocycles. The largest absolute Gasteiger partial charge is 0.331 e. The van der Waals surface area contributed by atoms with E-state index in [0.717, 1.165) is 29.3 Å². The first-order valence-electron chi connectivity index (χ1n) is 10.1. The Morgan fingerprint density at radius 2 is 1.57 bits per heavy atom. The Balaban J connectivity index is 0.00000256. The first-order chi connectivity index (χ1) is 14.0. The average molecular weight is 458 g/mol. The van der Waals surface area contributed by atoms with Crippen molar-refractivity contribution in [3.63, 3.8) is 0 Å². The van der Waals surface area contributed by atoms with Crippen LogP contribution in [0.3, 0.4) is 0 Å². The number of halogens is 3. The number of hydrogen-bond donors (Lipinski definition) is 1. The number of anilines is 3. The van der Waals surface area contributed by atoms with Crippen LogP contribution in [0.5, 0.6) is 0 Å². The Labute approximate surface area is 182 Å². The van der Waals surface area contributed by atoms with Gasteiger partial charge in [-0.05, 0) is 50.1 Å². The molecule has 0 unspecified atom stereocenters. The van der Waals surface area contributed by atoms with Gasteiger partial charge in [-0.15, -0.1) is 12.4 Å². The van der Waals surface area contributed by atoms with E-state index in [0.29, 0.717) is 24.7 Å². The monoisotopic (exact) mass is 457 g/mol. The van der Waals surface area contributed by atoms with Crippen molar-refractivity contribution in [3.8, 4) is 0 Å². The van der Waals surface area contributed by atoms with Gasteiger partial charge in [-0.1, -0.05) is 37.5 Å². The summed E-state index contributed by atoms with van der Waals surface area (Å²) in [6, 6.07) is 10.5. The van der Waals surface area contributed by atoms with E-state index in [2.05, 4.69) is 5.32 Å². The van der Waals surface area contributed by atoms with Gasteiger partial charge in [-0.2, -0.15) is 8.42 Å². The zero-order chi connectivity index (χ0) is 20.4. The van der Waals surface area contributed by atoms with E-state index in [1.807, 2.05) is 0 Å². The molecule has 1 N–H and O–H groups in total. The molecule has 1 saturated carbocycles. The lowest BCUT2D eigenvalue weighted by Gasteiger charge is -2.24. The van der Waals surface area contributed by atoms with Crippen LogP contribution < -0.4 is 13.9 Å². The lowest BCUT2D eigenvalue weighted by atomic mass is 9.95. The quantitative estimate of drug-likeness (QED) is 0.627. The molecule has 0 spiro atoms. The van der Waals surface area contributed by atoms with Crippen LogP contribution in [0.15, 0.2) is 42.5 Å². The summed E-state index contributed by atoms with van der Waals surface area (Å²) in [5.41, 5.74) is 0.132. The Bertz CT molecular complexity index is 964. The second-order valence-corrected chi connectivity index (χ2v) is 9.25. The Kier molecular flexibility index (Phi) is 7.21. The van der Waals surface area contributed by atoms with Gasteiger partial charge in [0.1, 0.15) is 5.69 Å². The van der Waals surface area contributed by atoms with Crippen LogP contribution in [0.1, 0.15) is 38.5 Å². The summed E-state index contributed by atoms with van der Waals surface area (Å²) in [4.78, 5) is 0. The van der Waals surface area contributed by atoms with Crippen LogP contribution in [0.4, 0.5) is 25.8 Å². The SMILES string of the molecule is Cl.O=S1(=O)N(CCCNC2CCCCC2)c2ccccc2N1c1c(F)cccc1F. The standard InChI is InChI=1S/C21H25F2N3O2S.ClH/c22-17-10-6-11-18(23)21(17)26-20-13-5-4-12-19(20)25(29(26,27)28)15-7-14-24-16-8-2-1-3-9-16;/h4-6,10-13,16,24H,1-3,7-9,14-15H2;1H. The highest BCUT2D eigenvalue weighted by atomic mass is 35.5. The first kappa shape index (κ1) is 22.8. The van der Waals surface area contributed by atoms with Gasteiger partial charge >= 0.3 is 10.2 Å². The van der Waals surface area contributed by atoms with Gasteiger partial charge in [0.05, 0.1) is 11.4 Å². The second kappa shape index (κ2) is 9.49. The van der Waals surface area contributed by atoms with Gasteiger partial charge in [0.15, 0.2) is 11.6 Å². The maximum atomic E-state index is 14.4. The number of benzene rings is 2. The molecule has 5 nitrogen and oxygen atoms in total. The molecular weight excluding hydrogens is 432 g/mol. The summed E-state index contributed by atoms with van der Waals surface area (Å²) in [6.45, 7) is 0.943. The minimum Gasteiger partial charge on any atom is -0.314 e. The summed E-state index contributed by atoms with van der Waals surface area (Å²) in [7, 11) is -4.13. The molecule has 2 aromatic rings. The van der Waals surface area contributed by atoms with E-state index in [-0.39, 0.29) is 24.6 Å². The topological polar surface area (TPSA) is 52.7 Å². The van der Waals surface area contributed by atoms with Crippen LogP contribution >= 0.6 is 12.4 Å². The van der Waals surface area contributed by atoms with E-state index in [1.54, 1.807) is 24.3 Å². The highest BCUT2D eigenvalue weighted by Crippen LogP contribution is 2.46. The molecular formula is C21H26ClF2N3O2S. The van der Waals surface area contributed by atoms with E-state index >= 15 is 0 Å². The van der Waals surface area contributed by atoms with Gasteiger partial charge < -0.3 is 5.32 Å². The van der Waals surface area contributed by atoms with Crippen molar-refractivity contribution in [2.45, 2.75) is 44.6 Å². The lowest BCUT2D eigenvalue weighted by Crippen LogP contribution is -2.38. The van der Waals surface area contributed by atoms with Crippen LogP contribution in [0.2, 0.25) is 0 Å². The Morgan fingerprint density at radius 1 is 0.933 bits per heavy atom. The van der Waals surface area contributed by atoms with Crippen molar-refractivity contribution in [2.75, 3.05) is 21.7 Å². The molecule has 0 saturated heterocycles.